The van der Waals surface area contributed by atoms with Gasteiger partial charge < -0.3 is 20.4 Å². The summed E-state index contributed by atoms with van der Waals surface area (Å²) < 4.78 is 0. The first-order valence-corrected chi connectivity index (χ1v) is 12.6. The second kappa shape index (κ2) is 6.81. The molecule has 186 valence electrons. The van der Waals surface area contributed by atoms with E-state index in [9.17, 15) is 34.8 Å². The van der Waals surface area contributed by atoms with Crippen molar-refractivity contribution in [3.8, 4) is 0 Å². The lowest BCUT2D eigenvalue weighted by Gasteiger charge is -2.33. The maximum atomic E-state index is 12.2. The fourth-order valence-corrected chi connectivity index (χ4v) is 7.58. The first kappa shape index (κ1) is 21.4. The predicted octanol–water partition coefficient (Wildman–Crippen LogP) is 2.17. The fraction of sp³-hybridized carbons (Fsp3) is 0.194. The molecular weight excluding hydrogens is 484 g/mol. The van der Waals surface area contributed by atoms with Crippen LogP contribution in [0.3, 0.4) is 0 Å². The van der Waals surface area contributed by atoms with Gasteiger partial charge in [-0.3, -0.25) is 0 Å². The van der Waals surface area contributed by atoms with Gasteiger partial charge in [-0.2, -0.15) is 0 Å². The molecule has 7 heteroatoms. The van der Waals surface area contributed by atoms with Crippen molar-refractivity contribution in [2.45, 2.75) is 38.5 Å². The molecule has 0 fully saturated rings. The molecule has 0 spiro atoms. The van der Waals surface area contributed by atoms with Crippen molar-refractivity contribution in [3.63, 3.8) is 0 Å². The molecule has 4 N–H and O–H groups in total. The van der Waals surface area contributed by atoms with Crippen molar-refractivity contribution >= 4 is 75.3 Å². The van der Waals surface area contributed by atoms with E-state index in [0.717, 1.165) is 76.2 Å². The number of carboxylic acid groups (broad SMARTS) is 3. The third kappa shape index (κ3) is 2.51. The molecule has 38 heavy (non-hydrogen) atoms. The summed E-state index contributed by atoms with van der Waals surface area (Å²) in [6.07, 6.45) is 9.00. The number of aliphatic carboxylic acids is 3. The summed E-state index contributed by atoms with van der Waals surface area (Å²) in [5.74, 6) is -2.80. The van der Waals surface area contributed by atoms with E-state index in [1.54, 1.807) is 24.3 Å². The Labute approximate surface area is 214 Å². The van der Waals surface area contributed by atoms with Crippen molar-refractivity contribution < 1.29 is 34.8 Å². The molecule has 0 bridgehead atoms. The highest BCUT2D eigenvalue weighted by Gasteiger charge is 2.35. The maximum absolute atomic E-state index is 12.2. The molecule has 0 amide bonds. The Morgan fingerprint density at radius 3 is 1.13 bits per heavy atom. The quantitative estimate of drug-likeness (QED) is 0.504. The average Bonchev–Trinajstić information content (AvgIpc) is 2.87. The van der Waals surface area contributed by atoms with Crippen LogP contribution >= 0.6 is 0 Å². The highest BCUT2D eigenvalue weighted by Crippen LogP contribution is 2.40. The number of carbonyl (C=O) groups is 3. The van der Waals surface area contributed by atoms with Crippen molar-refractivity contribution in [2.75, 3.05) is 0 Å². The van der Waals surface area contributed by atoms with Crippen LogP contribution in [0.4, 0.5) is 0 Å². The number of fused-ring (bicyclic) bond motifs is 2. The Kier molecular flexibility index (Phi) is 3.84. The zero-order valence-electron chi connectivity index (χ0n) is 20.1. The third-order valence-electron chi connectivity index (χ3n) is 8.87. The normalized spacial score (nSPS) is 19.6. The van der Waals surface area contributed by atoms with Crippen molar-refractivity contribution in [2.24, 2.45) is 0 Å². The summed E-state index contributed by atoms with van der Waals surface area (Å²) in [5.41, 5.74) is 7.75. The van der Waals surface area contributed by atoms with Gasteiger partial charge in [0.25, 0.3) is 0 Å². The molecule has 2 aromatic rings. The second-order valence-electron chi connectivity index (χ2n) is 10.9. The highest BCUT2D eigenvalue weighted by atomic mass is 16.4. The zero-order chi connectivity index (χ0) is 26.2. The monoisotopic (exact) mass is 504 g/mol. The number of allylic oxidation sites excluding steroid dienone is 1. The molecular formula is C31H20O7. The summed E-state index contributed by atoms with van der Waals surface area (Å²) in [7, 11) is 0. The van der Waals surface area contributed by atoms with Gasteiger partial charge in [0.2, 0.25) is 0 Å². The Morgan fingerprint density at radius 1 is 0.474 bits per heavy atom. The van der Waals surface area contributed by atoms with Gasteiger partial charge in [-0.15, -0.1) is 0 Å². The molecule has 7 nitrogen and oxygen atoms in total. The average molecular weight is 504 g/mol. The molecule has 0 aromatic heterocycles. The van der Waals surface area contributed by atoms with Crippen LogP contribution in [0.2, 0.25) is 0 Å². The van der Waals surface area contributed by atoms with Gasteiger partial charge in [0.15, 0.2) is 0 Å². The largest absolute Gasteiger partial charge is 0.512 e. The Hall–Kier alpha value is -4.65. The molecule has 8 rings (SSSR count). The van der Waals surface area contributed by atoms with Gasteiger partial charge in [-0.05, 0) is 91.0 Å². The van der Waals surface area contributed by atoms with E-state index in [1.165, 1.54) is 0 Å². The van der Waals surface area contributed by atoms with Gasteiger partial charge in [0, 0.05) is 42.4 Å². The van der Waals surface area contributed by atoms with Gasteiger partial charge in [0.05, 0.1) is 5.76 Å². The molecule has 0 heterocycles. The van der Waals surface area contributed by atoms with E-state index in [0.29, 0.717) is 19.3 Å². The van der Waals surface area contributed by atoms with Crippen molar-refractivity contribution in [1.82, 2.24) is 0 Å². The first-order valence-electron chi connectivity index (χ1n) is 12.6. The molecule has 0 saturated heterocycles. The SMILES string of the molecule is O=C(O)C1=Cc2c3c4c5c6c(c7c8c5c2=C(C1)CC=8CC(O)=C7)C=C(C(=O)O)CC=6CC=4CC(C(=O)O)=C3. The van der Waals surface area contributed by atoms with E-state index >= 15 is 0 Å². The molecule has 0 unspecified atom stereocenters. The standard InChI is InChI=1S/C31H20O7/c32-18-6-14-2-13-5-16(30(35)36)8-20-19-7-15(29(33)34)3-11-1-12-4-17(31(37)38)9-21-22(10-18)26(14)28(24(13)20)27(23(11)19)25(12)21/h7-10,32H,1-6H2,(H,33,34)(H,35,36)(H,37,38). The Bertz CT molecular complexity index is 2090. The van der Waals surface area contributed by atoms with Gasteiger partial charge in [0.1, 0.15) is 0 Å². The van der Waals surface area contributed by atoms with Crippen LogP contribution in [0.5, 0.6) is 0 Å². The number of hydrogen-bond donors (Lipinski definition) is 4. The van der Waals surface area contributed by atoms with Crippen LogP contribution in [0.15, 0.2) is 22.5 Å². The van der Waals surface area contributed by atoms with E-state index in [4.69, 9.17) is 0 Å². The smallest absolute Gasteiger partial charge is 0.331 e. The lowest BCUT2D eigenvalue weighted by molar-refractivity contribution is -0.133. The predicted molar refractivity (Wildman–Crippen MR) is 141 cm³/mol. The van der Waals surface area contributed by atoms with E-state index in [1.807, 2.05) is 0 Å². The molecule has 6 aliphatic carbocycles. The van der Waals surface area contributed by atoms with Crippen LogP contribution in [-0.2, 0) is 14.4 Å². The first-order chi connectivity index (χ1) is 18.2. The Morgan fingerprint density at radius 2 is 0.789 bits per heavy atom. The molecule has 0 aliphatic heterocycles. The molecule has 0 atom stereocenters. The van der Waals surface area contributed by atoms with Crippen molar-refractivity contribution in [1.29, 1.82) is 0 Å². The summed E-state index contributed by atoms with van der Waals surface area (Å²) in [6, 6.07) is 0. The van der Waals surface area contributed by atoms with E-state index in [2.05, 4.69) is 0 Å². The number of hydrogen-bond acceptors (Lipinski definition) is 4. The number of aliphatic hydroxyl groups excluding tert-OH is 1. The van der Waals surface area contributed by atoms with Crippen LogP contribution in [0, 0.1) is 0 Å². The second-order valence-corrected chi connectivity index (χ2v) is 10.9. The van der Waals surface area contributed by atoms with Gasteiger partial charge in [-0.25, -0.2) is 14.4 Å². The van der Waals surface area contributed by atoms with E-state index in [-0.39, 0.29) is 41.7 Å². The van der Waals surface area contributed by atoms with Crippen LogP contribution in [0.25, 0.3) is 57.4 Å². The fourth-order valence-electron chi connectivity index (χ4n) is 7.58. The number of carboxylic acids is 3. The highest BCUT2D eigenvalue weighted by molar-refractivity contribution is 6.10. The minimum absolute atomic E-state index is 0.205. The summed E-state index contributed by atoms with van der Waals surface area (Å²) in [4.78, 5) is 36.5. The summed E-state index contributed by atoms with van der Waals surface area (Å²) >= 11 is 0. The lowest BCUT2D eigenvalue weighted by Crippen LogP contribution is -2.42. The molecule has 2 aromatic carbocycles. The molecule has 0 saturated carbocycles. The lowest BCUT2D eigenvalue weighted by atomic mass is 9.70. The molecule has 0 radical (unpaired) electrons. The maximum Gasteiger partial charge on any atom is 0.331 e. The van der Waals surface area contributed by atoms with Gasteiger partial charge in [-0.1, -0.05) is 22.3 Å². The Balaban J connectivity index is 1.70. The summed E-state index contributed by atoms with van der Waals surface area (Å²) in [6.45, 7) is 0. The third-order valence-corrected chi connectivity index (χ3v) is 8.87. The van der Waals surface area contributed by atoms with Crippen molar-refractivity contribution in [3.05, 3.63) is 65.6 Å². The zero-order valence-corrected chi connectivity index (χ0v) is 20.1. The van der Waals surface area contributed by atoms with E-state index < -0.39 is 17.9 Å². The van der Waals surface area contributed by atoms with Crippen LogP contribution in [0.1, 0.15) is 60.8 Å². The molecule has 6 aliphatic rings. The minimum atomic E-state index is -1.01. The topological polar surface area (TPSA) is 132 Å². The number of benzene rings is 2. The van der Waals surface area contributed by atoms with Crippen LogP contribution in [-0.4, -0.2) is 38.3 Å². The number of aliphatic hydroxyl groups is 1. The summed E-state index contributed by atoms with van der Waals surface area (Å²) in [5, 5.41) is 46.6. The van der Waals surface area contributed by atoms with Gasteiger partial charge >= 0.3 is 17.9 Å². The van der Waals surface area contributed by atoms with Crippen LogP contribution < -0.4 is 20.9 Å². The minimum Gasteiger partial charge on any atom is -0.512 e. The number of rotatable bonds is 3.